The van der Waals surface area contributed by atoms with Gasteiger partial charge in [-0.1, -0.05) is 35.9 Å². The van der Waals surface area contributed by atoms with E-state index in [1.54, 1.807) is 0 Å². The Labute approximate surface area is 150 Å². The normalized spacial score (nSPS) is 13.2. The highest BCUT2D eigenvalue weighted by Crippen LogP contribution is 2.37. The summed E-state index contributed by atoms with van der Waals surface area (Å²) in [6, 6.07) is 16.1. The number of rotatable bonds is 2. The van der Waals surface area contributed by atoms with Crippen LogP contribution < -0.4 is 5.32 Å². The Balaban J connectivity index is 1.70. The van der Waals surface area contributed by atoms with Crippen LogP contribution in [-0.4, -0.2) is 16.3 Å². The predicted molar refractivity (Wildman–Crippen MR) is 101 cm³/mol. The molecule has 0 saturated heterocycles. The van der Waals surface area contributed by atoms with Crippen LogP contribution in [0, 0.1) is 6.92 Å². The van der Waals surface area contributed by atoms with Crippen molar-refractivity contribution < 1.29 is 4.42 Å². The molecule has 5 rings (SSSR count). The molecule has 0 saturated carbocycles. The van der Waals surface area contributed by atoms with Crippen LogP contribution in [-0.2, 0) is 6.42 Å². The zero-order valence-electron chi connectivity index (χ0n) is 13.7. The zero-order valence-corrected chi connectivity index (χ0v) is 14.5. The van der Waals surface area contributed by atoms with Crippen LogP contribution in [0.15, 0.2) is 52.9 Å². The molecule has 1 aliphatic heterocycles. The molecule has 25 heavy (non-hydrogen) atoms. The summed E-state index contributed by atoms with van der Waals surface area (Å²) in [7, 11) is 0. The highest BCUT2D eigenvalue weighted by atomic mass is 35.5. The van der Waals surface area contributed by atoms with E-state index in [0.717, 1.165) is 57.5 Å². The molecule has 4 nitrogen and oxygen atoms in total. The molecular weight excluding hydrogens is 334 g/mol. The van der Waals surface area contributed by atoms with E-state index in [1.807, 2.05) is 48.0 Å². The first-order valence-corrected chi connectivity index (χ1v) is 8.70. The van der Waals surface area contributed by atoms with E-state index in [-0.39, 0.29) is 0 Å². The smallest absolute Gasteiger partial charge is 0.156 e. The van der Waals surface area contributed by atoms with E-state index in [1.165, 1.54) is 5.56 Å². The van der Waals surface area contributed by atoms with Crippen molar-refractivity contribution in [2.24, 2.45) is 0 Å². The fourth-order valence-corrected chi connectivity index (χ4v) is 3.55. The Bertz CT molecular complexity index is 1080. The average Bonchev–Trinajstić information content (AvgIpc) is 3.30. The first kappa shape index (κ1) is 14.6. The van der Waals surface area contributed by atoms with Crippen molar-refractivity contribution in [3.63, 3.8) is 0 Å². The van der Waals surface area contributed by atoms with Crippen molar-refractivity contribution in [2.75, 3.05) is 11.9 Å². The van der Waals surface area contributed by atoms with E-state index in [9.17, 15) is 0 Å². The van der Waals surface area contributed by atoms with Gasteiger partial charge in [-0.15, -0.1) is 0 Å². The number of nitrogens with zero attached hydrogens (tertiary/aromatic N) is 2. The van der Waals surface area contributed by atoms with Gasteiger partial charge in [-0.2, -0.15) is 5.10 Å². The third-order valence-electron chi connectivity index (χ3n) is 4.71. The molecule has 0 spiro atoms. The molecule has 0 fully saturated rings. The van der Waals surface area contributed by atoms with Crippen LogP contribution in [0.5, 0.6) is 0 Å². The Hall–Kier alpha value is -2.72. The number of aryl methyl sites for hydroxylation is 1. The molecule has 5 heteroatoms. The highest BCUT2D eigenvalue weighted by molar-refractivity contribution is 6.31. The molecule has 4 aromatic rings. The third-order valence-corrected chi connectivity index (χ3v) is 5.12. The lowest BCUT2D eigenvalue weighted by atomic mass is 10.1. The molecule has 0 aliphatic carbocycles. The van der Waals surface area contributed by atoms with Crippen LogP contribution in [0.25, 0.3) is 28.1 Å². The molecular formula is C20H16ClN3O. The van der Waals surface area contributed by atoms with E-state index in [0.29, 0.717) is 0 Å². The second kappa shape index (κ2) is 5.39. The number of fused-ring (bicyclic) bond motifs is 2. The fraction of sp³-hybridized carbons (Fsp3) is 0.150. The second-order valence-corrected chi connectivity index (χ2v) is 6.75. The monoisotopic (exact) mass is 349 g/mol. The van der Waals surface area contributed by atoms with Crippen LogP contribution >= 0.6 is 11.6 Å². The first-order valence-electron chi connectivity index (χ1n) is 8.32. The fourth-order valence-electron chi connectivity index (χ4n) is 3.37. The van der Waals surface area contributed by atoms with Gasteiger partial charge >= 0.3 is 0 Å². The summed E-state index contributed by atoms with van der Waals surface area (Å²) in [6.45, 7) is 2.90. The lowest BCUT2D eigenvalue weighted by Crippen LogP contribution is -2.04. The van der Waals surface area contributed by atoms with Crippen molar-refractivity contribution in [2.45, 2.75) is 13.3 Å². The van der Waals surface area contributed by atoms with Crippen LogP contribution in [0.3, 0.4) is 0 Å². The predicted octanol–water partition coefficient (Wildman–Crippen LogP) is 5.22. The van der Waals surface area contributed by atoms with Crippen LogP contribution in [0.4, 0.5) is 5.82 Å². The first-order chi connectivity index (χ1) is 12.2. The molecule has 1 aliphatic rings. The van der Waals surface area contributed by atoms with Gasteiger partial charge in [-0.3, -0.25) is 0 Å². The third kappa shape index (κ3) is 2.25. The lowest BCUT2D eigenvalue weighted by molar-refractivity contribution is 0.626. The number of anilines is 1. The molecule has 0 unspecified atom stereocenters. The summed E-state index contributed by atoms with van der Waals surface area (Å²) in [5.74, 6) is 1.83. The van der Waals surface area contributed by atoms with Crippen molar-refractivity contribution >= 4 is 28.4 Å². The van der Waals surface area contributed by atoms with E-state index in [2.05, 4.69) is 17.4 Å². The topological polar surface area (TPSA) is 43.0 Å². The SMILES string of the molecule is Cc1ccc(-n2nc(-c3cc4ccccc4o3)c3c2NCC3)cc1Cl. The molecule has 2 aromatic carbocycles. The number of hydrogen-bond donors (Lipinski definition) is 1. The Morgan fingerprint density at radius 2 is 2.04 bits per heavy atom. The number of furan rings is 1. The van der Waals surface area contributed by atoms with E-state index in [4.69, 9.17) is 21.1 Å². The minimum absolute atomic E-state index is 0.741. The number of halogens is 1. The van der Waals surface area contributed by atoms with Crippen molar-refractivity contribution in [1.82, 2.24) is 9.78 Å². The standard InChI is InChI=1S/C20H16ClN3O/c1-12-6-7-14(11-16(12)21)24-20-15(8-9-22-20)19(23-24)18-10-13-4-2-3-5-17(13)25-18/h2-7,10-11,22H,8-9H2,1H3. The van der Waals surface area contributed by atoms with Gasteiger partial charge in [0.1, 0.15) is 17.1 Å². The van der Waals surface area contributed by atoms with E-state index >= 15 is 0 Å². The van der Waals surface area contributed by atoms with Gasteiger partial charge in [0.25, 0.3) is 0 Å². The Kier molecular flexibility index (Phi) is 3.15. The quantitative estimate of drug-likeness (QED) is 0.540. The summed E-state index contributed by atoms with van der Waals surface area (Å²) in [6.07, 6.45) is 0.932. The van der Waals surface area contributed by atoms with Gasteiger partial charge in [0, 0.05) is 22.5 Å². The molecule has 2 aromatic heterocycles. The maximum absolute atomic E-state index is 6.31. The summed E-state index contributed by atoms with van der Waals surface area (Å²) in [4.78, 5) is 0. The Morgan fingerprint density at radius 1 is 1.16 bits per heavy atom. The van der Waals surface area contributed by atoms with Gasteiger partial charge in [-0.05, 0) is 43.2 Å². The van der Waals surface area contributed by atoms with Crippen molar-refractivity contribution in [3.05, 3.63) is 64.7 Å². The maximum Gasteiger partial charge on any atom is 0.156 e. The number of nitrogens with one attached hydrogen (secondary N) is 1. The minimum Gasteiger partial charge on any atom is -0.454 e. The Morgan fingerprint density at radius 3 is 2.88 bits per heavy atom. The molecule has 3 heterocycles. The molecule has 0 bridgehead atoms. The summed E-state index contributed by atoms with van der Waals surface area (Å²) < 4.78 is 7.97. The number of para-hydroxylation sites is 1. The van der Waals surface area contributed by atoms with Crippen molar-refractivity contribution in [1.29, 1.82) is 0 Å². The van der Waals surface area contributed by atoms with Gasteiger partial charge in [0.2, 0.25) is 0 Å². The van der Waals surface area contributed by atoms with Gasteiger partial charge in [-0.25, -0.2) is 4.68 Å². The van der Waals surface area contributed by atoms with Crippen LogP contribution in [0.1, 0.15) is 11.1 Å². The van der Waals surface area contributed by atoms with Crippen molar-refractivity contribution in [3.8, 4) is 17.1 Å². The highest BCUT2D eigenvalue weighted by Gasteiger charge is 2.26. The number of benzene rings is 2. The maximum atomic E-state index is 6.31. The van der Waals surface area contributed by atoms with Gasteiger partial charge in [0.15, 0.2) is 5.76 Å². The van der Waals surface area contributed by atoms with Crippen LogP contribution in [0.2, 0.25) is 5.02 Å². The molecule has 0 radical (unpaired) electrons. The lowest BCUT2D eigenvalue weighted by Gasteiger charge is -2.07. The summed E-state index contributed by atoms with van der Waals surface area (Å²) >= 11 is 6.31. The van der Waals surface area contributed by atoms with Gasteiger partial charge in [0.05, 0.1) is 5.69 Å². The van der Waals surface area contributed by atoms with Gasteiger partial charge < -0.3 is 9.73 Å². The minimum atomic E-state index is 0.741. The zero-order chi connectivity index (χ0) is 17.0. The number of aromatic nitrogens is 2. The summed E-state index contributed by atoms with van der Waals surface area (Å²) in [5, 5.41) is 10.1. The average molecular weight is 350 g/mol. The number of hydrogen-bond acceptors (Lipinski definition) is 3. The molecule has 124 valence electrons. The molecule has 0 amide bonds. The molecule has 1 N–H and O–H groups in total. The van der Waals surface area contributed by atoms with E-state index < -0.39 is 0 Å². The largest absolute Gasteiger partial charge is 0.454 e. The molecule has 0 atom stereocenters. The summed E-state index contributed by atoms with van der Waals surface area (Å²) in [5.41, 5.74) is 4.97. The second-order valence-electron chi connectivity index (χ2n) is 6.35.